The standard InChI is InChI=1S/C30H55N3O/c1-5-20(2)19-33-28-18-26-27(34-28)17-25-23-9-8-21-16-22(32-15-7-6-14-31)10-12-29(21,3)24(23)11-13-30(25,26)4/h20-28,32-33H,5-19,31H2,1-4H3/t20-,21?,22?,23?,24?,25?,26?,27?,28?,29?,30?/m0/s1. The molecule has 0 amide bonds. The van der Waals surface area contributed by atoms with E-state index in [1.807, 2.05) is 0 Å². The van der Waals surface area contributed by atoms with Gasteiger partial charge >= 0.3 is 0 Å². The van der Waals surface area contributed by atoms with Crippen molar-refractivity contribution in [3.8, 4) is 0 Å². The molecule has 4 nitrogen and oxygen atoms in total. The summed E-state index contributed by atoms with van der Waals surface area (Å²) in [5, 5.41) is 7.66. The minimum atomic E-state index is 0.306. The van der Waals surface area contributed by atoms with Gasteiger partial charge in [0, 0.05) is 12.6 Å². The van der Waals surface area contributed by atoms with Gasteiger partial charge in [-0.15, -0.1) is 0 Å². The van der Waals surface area contributed by atoms with Crippen molar-refractivity contribution in [1.82, 2.24) is 10.6 Å². The van der Waals surface area contributed by atoms with Gasteiger partial charge in [-0.1, -0.05) is 34.1 Å². The summed E-state index contributed by atoms with van der Waals surface area (Å²) in [7, 11) is 0. The van der Waals surface area contributed by atoms with Crippen LogP contribution in [0.5, 0.6) is 0 Å². The number of nitrogens with two attached hydrogens (primary N) is 1. The lowest BCUT2D eigenvalue weighted by molar-refractivity contribution is -0.115. The first-order valence-electron chi connectivity index (χ1n) is 15.2. The largest absolute Gasteiger partial charge is 0.360 e. The fraction of sp³-hybridized carbons (Fsp3) is 1.00. The van der Waals surface area contributed by atoms with E-state index < -0.39 is 0 Å². The highest BCUT2D eigenvalue weighted by molar-refractivity contribution is 5.13. The summed E-state index contributed by atoms with van der Waals surface area (Å²) in [5.74, 6) is 5.28. The number of nitrogens with one attached hydrogen (secondary N) is 2. The summed E-state index contributed by atoms with van der Waals surface area (Å²) < 4.78 is 6.69. The Morgan fingerprint density at radius 2 is 1.74 bits per heavy atom. The zero-order valence-corrected chi connectivity index (χ0v) is 22.8. The Morgan fingerprint density at radius 1 is 0.912 bits per heavy atom. The molecule has 0 bridgehead atoms. The minimum Gasteiger partial charge on any atom is -0.360 e. The molecule has 1 saturated heterocycles. The molecule has 196 valence electrons. The Morgan fingerprint density at radius 3 is 2.53 bits per heavy atom. The van der Waals surface area contributed by atoms with E-state index >= 15 is 0 Å². The molecule has 4 aliphatic carbocycles. The molecule has 34 heavy (non-hydrogen) atoms. The van der Waals surface area contributed by atoms with Gasteiger partial charge in [0.15, 0.2) is 0 Å². The minimum absolute atomic E-state index is 0.306. The van der Waals surface area contributed by atoms with Gasteiger partial charge in [-0.05, 0) is 130 Å². The monoisotopic (exact) mass is 473 g/mol. The summed E-state index contributed by atoms with van der Waals surface area (Å²) in [6.45, 7) is 13.1. The first-order valence-corrected chi connectivity index (χ1v) is 15.2. The summed E-state index contributed by atoms with van der Waals surface area (Å²) in [4.78, 5) is 0. The third-order valence-corrected chi connectivity index (χ3v) is 12.1. The van der Waals surface area contributed by atoms with Crippen molar-refractivity contribution in [3.05, 3.63) is 0 Å². The average Bonchev–Trinajstić information content (AvgIpc) is 3.37. The van der Waals surface area contributed by atoms with E-state index in [9.17, 15) is 0 Å². The average molecular weight is 474 g/mol. The molecule has 4 heteroatoms. The number of hydrogen-bond donors (Lipinski definition) is 3. The third-order valence-electron chi connectivity index (χ3n) is 12.1. The molecule has 4 saturated carbocycles. The first kappa shape index (κ1) is 25.5. The van der Waals surface area contributed by atoms with Gasteiger partial charge in [-0.25, -0.2) is 0 Å². The summed E-state index contributed by atoms with van der Waals surface area (Å²) in [5.41, 5.74) is 6.79. The zero-order valence-electron chi connectivity index (χ0n) is 22.8. The molecule has 0 aromatic rings. The number of hydrogen-bond acceptors (Lipinski definition) is 4. The molecule has 11 atom stereocenters. The first-order chi connectivity index (χ1) is 16.4. The highest BCUT2D eigenvalue weighted by atomic mass is 16.5. The van der Waals surface area contributed by atoms with Crippen LogP contribution in [0.1, 0.15) is 105 Å². The second-order valence-electron chi connectivity index (χ2n) is 13.8. The molecule has 10 unspecified atom stereocenters. The highest BCUT2D eigenvalue weighted by Crippen LogP contribution is 2.69. The predicted octanol–water partition coefficient (Wildman–Crippen LogP) is 5.70. The van der Waals surface area contributed by atoms with E-state index in [-0.39, 0.29) is 0 Å². The maximum absolute atomic E-state index is 6.69. The van der Waals surface area contributed by atoms with Crippen LogP contribution in [0.15, 0.2) is 0 Å². The van der Waals surface area contributed by atoms with Crippen molar-refractivity contribution in [1.29, 1.82) is 0 Å². The SMILES string of the molecule is CC[C@H](C)CNC1CC2C(CC3C4CCC5CC(NCCCCN)CCC5(C)C4CCC23C)O1. The van der Waals surface area contributed by atoms with Crippen LogP contribution in [-0.2, 0) is 4.74 Å². The molecule has 5 fully saturated rings. The molecular weight excluding hydrogens is 418 g/mol. The van der Waals surface area contributed by atoms with Gasteiger partial charge < -0.3 is 15.8 Å². The Hall–Kier alpha value is -0.160. The Kier molecular flexibility index (Phi) is 7.72. The third kappa shape index (κ3) is 4.52. The van der Waals surface area contributed by atoms with Crippen LogP contribution in [0, 0.1) is 46.3 Å². The topological polar surface area (TPSA) is 59.3 Å². The van der Waals surface area contributed by atoms with E-state index in [0.717, 1.165) is 67.6 Å². The van der Waals surface area contributed by atoms with Crippen molar-refractivity contribution in [2.75, 3.05) is 19.6 Å². The van der Waals surface area contributed by atoms with E-state index in [4.69, 9.17) is 10.5 Å². The maximum atomic E-state index is 6.69. The van der Waals surface area contributed by atoms with Gasteiger partial charge in [0.25, 0.3) is 0 Å². The predicted molar refractivity (Wildman–Crippen MR) is 141 cm³/mol. The van der Waals surface area contributed by atoms with Crippen LogP contribution in [0.25, 0.3) is 0 Å². The highest BCUT2D eigenvalue weighted by Gasteiger charge is 2.64. The van der Waals surface area contributed by atoms with E-state index in [1.165, 1.54) is 70.6 Å². The molecule has 0 aromatic carbocycles. The van der Waals surface area contributed by atoms with Gasteiger partial charge in [0.05, 0.1) is 6.10 Å². The van der Waals surface area contributed by atoms with Crippen LogP contribution in [0.2, 0.25) is 0 Å². The Balaban J connectivity index is 1.20. The Labute approximate surface area is 210 Å². The molecule has 5 rings (SSSR count). The lowest BCUT2D eigenvalue weighted by atomic mass is 9.44. The van der Waals surface area contributed by atoms with Crippen molar-refractivity contribution < 1.29 is 4.74 Å². The molecular formula is C30H55N3O. The van der Waals surface area contributed by atoms with Crippen molar-refractivity contribution in [2.24, 2.45) is 52.1 Å². The van der Waals surface area contributed by atoms with Crippen LogP contribution >= 0.6 is 0 Å². The Bertz CT molecular complexity index is 686. The molecule has 0 spiro atoms. The number of unbranched alkanes of at least 4 members (excludes halogenated alkanes) is 1. The van der Waals surface area contributed by atoms with E-state index in [0.29, 0.717) is 23.2 Å². The quantitative estimate of drug-likeness (QED) is 0.376. The smallest absolute Gasteiger partial charge is 0.108 e. The second kappa shape index (κ2) is 10.3. The lowest BCUT2D eigenvalue weighted by Gasteiger charge is -2.61. The van der Waals surface area contributed by atoms with Crippen LogP contribution < -0.4 is 16.4 Å². The normalized spacial score (nSPS) is 48.6. The second-order valence-corrected chi connectivity index (χ2v) is 13.8. The van der Waals surface area contributed by atoms with E-state index in [1.54, 1.807) is 0 Å². The molecule has 1 heterocycles. The van der Waals surface area contributed by atoms with Crippen molar-refractivity contribution in [2.45, 2.75) is 123 Å². The van der Waals surface area contributed by atoms with E-state index in [2.05, 4.69) is 38.3 Å². The molecule has 4 N–H and O–H groups in total. The van der Waals surface area contributed by atoms with Crippen molar-refractivity contribution in [3.63, 3.8) is 0 Å². The number of rotatable bonds is 9. The molecule has 0 radical (unpaired) electrons. The number of ether oxygens (including phenoxy) is 1. The van der Waals surface area contributed by atoms with Gasteiger partial charge in [-0.3, -0.25) is 5.32 Å². The van der Waals surface area contributed by atoms with Crippen molar-refractivity contribution >= 4 is 0 Å². The fourth-order valence-electron chi connectivity index (χ4n) is 9.79. The molecule has 5 aliphatic rings. The van der Waals surface area contributed by atoms with Gasteiger partial charge in [0.2, 0.25) is 0 Å². The zero-order chi connectivity index (χ0) is 23.9. The summed E-state index contributed by atoms with van der Waals surface area (Å²) >= 11 is 0. The van der Waals surface area contributed by atoms with Crippen LogP contribution in [0.3, 0.4) is 0 Å². The summed E-state index contributed by atoms with van der Waals surface area (Å²) in [6.07, 6.45) is 17.2. The van der Waals surface area contributed by atoms with Crippen LogP contribution in [0.4, 0.5) is 0 Å². The number of fused-ring (bicyclic) bond motifs is 7. The van der Waals surface area contributed by atoms with Gasteiger partial charge in [-0.2, -0.15) is 0 Å². The lowest BCUT2D eigenvalue weighted by Crippen LogP contribution is -2.55. The molecule has 1 aliphatic heterocycles. The maximum Gasteiger partial charge on any atom is 0.108 e. The fourth-order valence-corrected chi connectivity index (χ4v) is 9.79. The van der Waals surface area contributed by atoms with Gasteiger partial charge in [0.1, 0.15) is 6.23 Å². The van der Waals surface area contributed by atoms with Crippen LogP contribution in [-0.4, -0.2) is 38.0 Å². The summed E-state index contributed by atoms with van der Waals surface area (Å²) in [6, 6.07) is 0.750. The molecule has 0 aromatic heterocycles.